The number of alkyl halides is 4. The van der Waals surface area contributed by atoms with Crippen LogP contribution >= 0.6 is 0 Å². The number of hydrogen-bond acceptors (Lipinski definition) is 5. The van der Waals surface area contributed by atoms with E-state index in [2.05, 4.69) is 0 Å². The number of nitrogens with zero attached hydrogens (tertiary/aromatic N) is 1. The molecule has 1 saturated heterocycles. The summed E-state index contributed by atoms with van der Waals surface area (Å²) in [6, 6.07) is 14.3. The van der Waals surface area contributed by atoms with Gasteiger partial charge in [0.25, 0.3) is 0 Å². The number of carboxylic acids is 1. The van der Waals surface area contributed by atoms with E-state index in [-0.39, 0.29) is 24.3 Å². The van der Waals surface area contributed by atoms with Crippen molar-refractivity contribution in [1.82, 2.24) is 4.90 Å². The highest BCUT2D eigenvalue weighted by Crippen LogP contribution is 2.26. The summed E-state index contributed by atoms with van der Waals surface area (Å²) in [6.07, 6.45) is -5.65. The van der Waals surface area contributed by atoms with E-state index in [1.165, 1.54) is 4.90 Å². The van der Waals surface area contributed by atoms with Gasteiger partial charge in [-0.3, -0.25) is 4.79 Å². The lowest BCUT2D eigenvalue weighted by Gasteiger charge is -2.25. The molecule has 0 aliphatic carbocycles. The lowest BCUT2D eigenvalue weighted by atomic mass is 9.91. The fourth-order valence-corrected chi connectivity index (χ4v) is 3.57. The normalized spacial score (nSPS) is 17.0. The van der Waals surface area contributed by atoms with Gasteiger partial charge in [0.2, 0.25) is 5.91 Å². The highest BCUT2D eigenvalue weighted by atomic mass is 19.4. The first-order valence-corrected chi connectivity index (χ1v) is 11.2. The second-order valence-electron chi connectivity index (χ2n) is 8.21. The summed E-state index contributed by atoms with van der Waals surface area (Å²) in [6.45, 7) is 4.57. The third kappa shape index (κ3) is 7.77. The van der Waals surface area contributed by atoms with Gasteiger partial charge in [-0.1, -0.05) is 43.3 Å². The van der Waals surface area contributed by atoms with Gasteiger partial charge in [0, 0.05) is 12.5 Å². The van der Waals surface area contributed by atoms with Crippen LogP contribution < -0.4 is 5.73 Å². The smallest absolute Gasteiger partial charge is 0.475 e. The Kier molecular flexibility index (Phi) is 9.97. The number of benzene rings is 2. The van der Waals surface area contributed by atoms with E-state index in [1.54, 1.807) is 19.1 Å². The highest BCUT2D eigenvalue weighted by molar-refractivity contribution is 5.91. The molecule has 7 nitrogen and oxygen atoms in total. The van der Waals surface area contributed by atoms with Crippen LogP contribution in [0, 0.1) is 0 Å². The summed E-state index contributed by atoms with van der Waals surface area (Å²) >= 11 is 0. The average molecular weight is 513 g/mol. The van der Waals surface area contributed by atoms with Crippen LogP contribution in [0.5, 0.6) is 0 Å². The van der Waals surface area contributed by atoms with Crippen LogP contribution in [0.4, 0.5) is 17.6 Å². The average Bonchev–Trinajstić information content (AvgIpc) is 3.29. The molecule has 2 aromatic carbocycles. The number of amides is 1. The minimum atomic E-state index is -5.08. The zero-order chi connectivity index (χ0) is 27.0. The molecule has 1 heterocycles. The number of halogens is 4. The van der Waals surface area contributed by atoms with Crippen molar-refractivity contribution in [2.75, 3.05) is 19.7 Å². The molecule has 0 aromatic heterocycles. The molecule has 2 aromatic rings. The van der Waals surface area contributed by atoms with Crippen LogP contribution in [0.2, 0.25) is 0 Å². The predicted octanol–water partition coefficient (Wildman–Crippen LogP) is 4.16. The van der Waals surface area contributed by atoms with E-state index in [9.17, 15) is 27.2 Å². The van der Waals surface area contributed by atoms with Gasteiger partial charge in [0.15, 0.2) is 0 Å². The Morgan fingerprint density at radius 2 is 1.75 bits per heavy atom. The van der Waals surface area contributed by atoms with Crippen LogP contribution in [-0.2, 0) is 14.3 Å². The number of likely N-dealkylation sites (tertiary alicyclic amines) is 1. The Labute approximate surface area is 205 Å². The number of carbonyl (C=O) groups excluding carboxylic acids is 2. The third-order valence-corrected chi connectivity index (χ3v) is 5.65. The standard InChI is InChI=1S/C23H27FN2O3.C2HF3O2/c1-3-29-23(28)19-6-4-5-18(13-19)17-9-7-16(8-10-17)15(2)21(25)22(27)26-12-11-20(24)14-26;3-2(4,5)1(6)7/h4-10,13,15,20-21H,3,11-12,14,25H2,1-2H3;(H,6,7)/t15-,20-,21-;/m0./s1. The van der Waals surface area contributed by atoms with Crippen molar-refractivity contribution in [2.45, 2.75) is 44.6 Å². The molecule has 0 saturated carbocycles. The van der Waals surface area contributed by atoms with Crippen LogP contribution in [0.15, 0.2) is 48.5 Å². The van der Waals surface area contributed by atoms with E-state index in [1.807, 2.05) is 43.3 Å². The fourth-order valence-electron chi connectivity index (χ4n) is 3.57. The first-order chi connectivity index (χ1) is 16.8. The number of ether oxygens (including phenoxy) is 1. The van der Waals surface area contributed by atoms with E-state index in [4.69, 9.17) is 20.4 Å². The van der Waals surface area contributed by atoms with Gasteiger partial charge >= 0.3 is 18.1 Å². The number of aliphatic carboxylic acids is 1. The maximum atomic E-state index is 13.4. The summed E-state index contributed by atoms with van der Waals surface area (Å²) in [5.74, 6) is -3.50. The topological polar surface area (TPSA) is 110 Å². The lowest BCUT2D eigenvalue weighted by molar-refractivity contribution is -0.192. The van der Waals surface area contributed by atoms with Crippen molar-refractivity contribution >= 4 is 17.8 Å². The lowest BCUT2D eigenvalue weighted by Crippen LogP contribution is -2.45. The van der Waals surface area contributed by atoms with Gasteiger partial charge in [-0.25, -0.2) is 14.0 Å². The van der Waals surface area contributed by atoms with Crippen molar-refractivity contribution in [2.24, 2.45) is 5.73 Å². The first-order valence-electron chi connectivity index (χ1n) is 11.2. The molecule has 0 unspecified atom stereocenters. The Bertz CT molecular complexity index is 1060. The van der Waals surface area contributed by atoms with Crippen LogP contribution in [0.1, 0.15) is 42.1 Å². The fraction of sp³-hybridized carbons (Fsp3) is 0.400. The first kappa shape index (κ1) is 28.8. The number of hydrogen-bond donors (Lipinski definition) is 2. The maximum Gasteiger partial charge on any atom is 0.490 e. The van der Waals surface area contributed by atoms with Crippen molar-refractivity contribution < 1.29 is 41.8 Å². The molecule has 1 aliphatic rings. The van der Waals surface area contributed by atoms with Gasteiger partial charge in [0.1, 0.15) is 6.17 Å². The van der Waals surface area contributed by atoms with Crippen LogP contribution in [-0.4, -0.2) is 65.9 Å². The summed E-state index contributed by atoms with van der Waals surface area (Å²) in [5.41, 5.74) is 9.48. The number of rotatable bonds is 6. The van der Waals surface area contributed by atoms with E-state index in [0.717, 1.165) is 16.7 Å². The Balaban J connectivity index is 0.000000572. The van der Waals surface area contributed by atoms with Crippen molar-refractivity contribution in [3.05, 3.63) is 59.7 Å². The highest BCUT2D eigenvalue weighted by Gasteiger charge is 2.38. The van der Waals surface area contributed by atoms with Gasteiger partial charge in [0.05, 0.1) is 24.8 Å². The Morgan fingerprint density at radius 3 is 2.25 bits per heavy atom. The molecule has 1 amide bonds. The quantitative estimate of drug-likeness (QED) is 0.444. The third-order valence-electron chi connectivity index (χ3n) is 5.65. The molecule has 36 heavy (non-hydrogen) atoms. The number of nitrogens with two attached hydrogens (primary N) is 1. The summed E-state index contributed by atoms with van der Waals surface area (Å²) < 4.78 is 50.2. The minimum Gasteiger partial charge on any atom is -0.475 e. The second-order valence-corrected chi connectivity index (χ2v) is 8.21. The predicted molar refractivity (Wildman–Crippen MR) is 124 cm³/mol. The molecule has 3 rings (SSSR count). The van der Waals surface area contributed by atoms with Gasteiger partial charge in [-0.2, -0.15) is 13.2 Å². The number of carbonyl (C=O) groups is 3. The van der Waals surface area contributed by atoms with Gasteiger partial charge in [-0.15, -0.1) is 0 Å². The zero-order valence-electron chi connectivity index (χ0n) is 19.8. The SMILES string of the molecule is CCOC(=O)c1cccc(-c2ccc([C@H](C)[C@H](N)C(=O)N3CC[C@H](F)C3)cc2)c1.O=C(O)C(F)(F)F. The van der Waals surface area contributed by atoms with Gasteiger partial charge < -0.3 is 20.5 Å². The number of esters is 1. The Hall–Kier alpha value is -3.47. The van der Waals surface area contributed by atoms with E-state index < -0.39 is 24.4 Å². The molecule has 1 aliphatic heterocycles. The zero-order valence-corrected chi connectivity index (χ0v) is 19.8. The molecular formula is C25H28F4N2O5. The monoisotopic (exact) mass is 512 g/mol. The largest absolute Gasteiger partial charge is 0.490 e. The Morgan fingerprint density at radius 1 is 1.14 bits per heavy atom. The number of carboxylic acid groups (broad SMARTS) is 1. The van der Waals surface area contributed by atoms with Crippen LogP contribution in [0.25, 0.3) is 11.1 Å². The van der Waals surface area contributed by atoms with E-state index >= 15 is 0 Å². The minimum absolute atomic E-state index is 0.134. The van der Waals surface area contributed by atoms with Crippen molar-refractivity contribution in [3.8, 4) is 11.1 Å². The molecule has 0 radical (unpaired) electrons. The maximum absolute atomic E-state index is 13.4. The molecule has 3 N–H and O–H groups in total. The molecule has 1 fully saturated rings. The second kappa shape index (κ2) is 12.5. The van der Waals surface area contributed by atoms with Crippen molar-refractivity contribution in [3.63, 3.8) is 0 Å². The van der Waals surface area contributed by atoms with Crippen LogP contribution in [0.3, 0.4) is 0 Å². The van der Waals surface area contributed by atoms with Gasteiger partial charge in [-0.05, 0) is 42.2 Å². The molecule has 0 spiro atoms. The summed E-state index contributed by atoms with van der Waals surface area (Å²) in [5, 5.41) is 7.12. The molecular weight excluding hydrogens is 484 g/mol. The summed E-state index contributed by atoms with van der Waals surface area (Å²) in [7, 11) is 0. The molecule has 11 heteroatoms. The molecule has 3 atom stereocenters. The molecule has 196 valence electrons. The summed E-state index contributed by atoms with van der Waals surface area (Å²) in [4.78, 5) is 34.9. The molecule has 0 bridgehead atoms. The van der Waals surface area contributed by atoms with Crippen molar-refractivity contribution in [1.29, 1.82) is 0 Å². The van der Waals surface area contributed by atoms with E-state index in [0.29, 0.717) is 25.1 Å².